The Morgan fingerprint density at radius 2 is 1.78 bits per heavy atom. The second kappa shape index (κ2) is 7.04. The lowest BCUT2D eigenvalue weighted by molar-refractivity contribution is 0.159. The lowest BCUT2D eigenvalue weighted by atomic mass is 10.1. The summed E-state index contributed by atoms with van der Waals surface area (Å²) in [6, 6.07) is 8.78. The second-order valence-electron chi connectivity index (χ2n) is 4.27. The molecule has 0 aromatic carbocycles. The van der Waals surface area contributed by atoms with Crippen molar-refractivity contribution in [1.82, 2.24) is 5.32 Å². The van der Waals surface area contributed by atoms with Gasteiger partial charge in [0.25, 0.3) is 0 Å². The number of thiophene rings is 2. The van der Waals surface area contributed by atoms with Crippen molar-refractivity contribution in [3.63, 3.8) is 0 Å². The van der Waals surface area contributed by atoms with Gasteiger partial charge < -0.3 is 10.4 Å². The average molecular weight is 281 g/mol. The molecule has 98 valence electrons. The molecule has 2 aromatic heterocycles. The minimum absolute atomic E-state index is 0.190. The zero-order valence-electron chi connectivity index (χ0n) is 10.5. The summed E-state index contributed by atoms with van der Waals surface area (Å²) < 4.78 is 0. The van der Waals surface area contributed by atoms with E-state index in [9.17, 15) is 5.11 Å². The number of hydrogen-bond acceptors (Lipinski definition) is 4. The molecule has 0 aliphatic heterocycles. The van der Waals surface area contributed by atoms with Crippen molar-refractivity contribution in [2.75, 3.05) is 6.54 Å². The van der Waals surface area contributed by atoms with Crippen molar-refractivity contribution >= 4 is 22.7 Å². The zero-order chi connectivity index (χ0) is 12.8. The van der Waals surface area contributed by atoms with Crippen molar-refractivity contribution in [2.45, 2.75) is 31.9 Å². The van der Waals surface area contributed by atoms with Crippen LogP contribution < -0.4 is 5.32 Å². The van der Waals surface area contributed by atoms with Crippen LogP contribution in [0.25, 0.3) is 0 Å². The van der Waals surface area contributed by atoms with Gasteiger partial charge in [0.15, 0.2) is 0 Å². The van der Waals surface area contributed by atoms with Crippen LogP contribution in [0.1, 0.15) is 35.6 Å². The summed E-state index contributed by atoms with van der Waals surface area (Å²) in [5, 5.41) is 17.4. The highest BCUT2D eigenvalue weighted by molar-refractivity contribution is 7.11. The third-order valence-corrected chi connectivity index (χ3v) is 4.83. The fourth-order valence-electron chi connectivity index (χ4n) is 1.85. The van der Waals surface area contributed by atoms with Gasteiger partial charge in [-0.2, -0.15) is 0 Å². The third-order valence-electron chi connectivity index (χ3n) is 2.95. The maximum absolute atomic E-state index is 9.60. The van der Waals surface area contributed by atoms with E-state index >= 15 is 0 Å². The first-order valence-electron chi connectivity index (χ1n) is 6.29. The van der Waals surface area contributed by atoms with Crippen molar-refractivity contribution in [3.05, 3.63) is 44.8 Å². The minimum atomic E-state index is -0.190. The number of hydrogen-bond donors (Lipinski definition) is 2. The summed E-state index contributed by atoms with van der Waals surface area (Å²) in [4.78, 5) is 2.67. The van der Waals surface area contributed by atoms with Crippen LogP contribution in [0, 0.1) is 0 Å². The van der Waals surface area contributed by atoms with E-state index in [2.05, 4.69) is 40.3 Å². The molecule has 2 rings (SSSR count). The molecule has 2 aromatic rings. The van der Waals surface area contributed by atoms with E-state index in [0.29, 0.717) is 0 Å². The normalized spacial score (nSPS) is 13.1. The molecule has 0 amide bonds. The van der Waals surface area contributed by atoms with Crippen LogP contribution in [0.15, 0.2) is 35.0 Å². The Balaban J connectivity index is 1.98. The lowest BCUT2D eigenvalue weighted by Gasteiger charge is -2.17. The van der Waals surface area contributed by atoms with E-state index in [4.69, 9.17) is 0 Å². The first-order chi connectivity index (χ1) is 8.81. The van der Waals surface area contributed by atoms with Gasteiger partial charge in [-0.25, -0.2) is 0 Å². The van der Waals surface area contributed by atoms with Crippen LogP contribution in [0.2, 0.25) is 0 Å². The molecule has 0 spiro atoms. The first-order valence-corrected chi connectivity index (χ1v) is 8.05. The Hall–Kier alpha value is -0.680. The van der Waals surface area contributed by atoms with E-state index in [1.54, 1.807) is 22.7 Å². The monoisotopic (exact) mass is 281 g/mol. The Bertz CT molecular complexity index is 390. The molecule has 1 atom stereocenters. The van der Waals surface area contributed by atoms with E-state index in [0.717, 1.165) is 19.4 Å². The SMILES string of the molecule is CCC(O)CCNC(c1cccs1)c1cccs1. The van der Waals surface area contributed by atoms with Crippen LogP contribution in [-0.2, 0) is 0 Å². The topological polar surface area (TPSA) is 32.3 Å². The smallest absolute Gasteiger partial charge is 0.0764 e. The third kappa shape index (κ3) is 3.65. The summed E-state index contributed by atoms with van der Waals surface area (Å²) in [6.45, 7) is 2.86. The molecule has 0 aliphatic rings. The molecular weight excluding hydrogens is 262 g/mol. The molecule has 0 radical (unpaired) electrons. The molecule has 0 aliphatic carbocycles. The number of rotatable bonds is 7. The van der Waals surface area contributed by atoms with Gasteiger partial charge in [-0.1, -0.05) is 19.1 Å². The van der Waals surface area contributed by atoms with Gasteiger partial charge in [0.05, 0.1) is 12.1 Å². The molecule has 2 heterocycles. The van der Waals surface area contributed by atoms with Gasteiger partial charge in [-0.3, -0.25) is 0 Å². The predicted molar refractivity (Wildman–Crippen MR) is 79.4 cm³/mol. The molecule has 0 fully saturated rings. The average Bonchev–Trinajstić information content (AvgIpc) is 3.06. The van der Waals surface area contributed by atoms with E-state index in [-0.39, 0.29) is 12.1 Å². The number of aliphatic hydroxyl groups is 1. The molecule has 1 unspecified atom stereocenters. The van der Waals surface area contributed by atoms with Gasteiger partial charge in [0.2, 0.25) is 0 Å². The van der Waals surface area contributed by atoms with Crippen molar-refractivity contribution in [3.8, 4) is 0 Å². The van der Waals surface area contributed by atoms with Crippen molar-refractivity contribution in [1.29, 1.82) is 0 Å². The molecule has 2 nitrogen and oxygen atoms in total. The summed E-state index contributed by atoms with van der Waals surface area (Å²) in [7, 11) is 0. The Kier molecular flexibility index (Phi) is 5.38. The van der Waals surface area contributed by atoms with Crippen LogP contribution in [-0.4, -0.2) is 17.8 Å². The lowest BCUT2D eigenvalue weighted by Crippen LogP contribution is -2.24. The summed E-state index contributed by atoms with van der Waals surface area (Å²) in [6.07, 6.45) is 1.44. The molecule has 0 saturated carbocycles. The number of nitrogens with one attached hydrogen (secondary N) is 1. The fraction of sp³-hybridized carbons (Fsp3) is 0.429. The van der Waals surface area contributed by atoms with Crippen molar-refractivity contribution in [2.24, 2.45) is 0 Å². The van der Waals surface area contributed by atoms with Gasteiger partial charge in [0, 0.05) is 9.75 Å². The maximum Gasteiger partial charge on any atom is 0.0764 e. The quantitative estimate of drug-likeness (QED) is 0.812. The van der Waals surface area contributed by atoms with Crippen LogP contribution in [0.3, 0.4) is 0 Å². The molecule has 18 heavy (non-hydrogen) atoms. The molecule has 4 heteroatoms. The van der Waals surface area contributed by atoms with Crippen LogP contribution in [0.4, 0.5) is 0 Å². The van der Waals surface area contributed by atoms with E-state index in [1.807, 2.05) is 6.92 Å². The second-order valence-corrected chi connectivity index (χ2v) is 6.23. The zero-order valence-corrected chi connectivity index (χ0v) is 12.1. The van der Waals surface area contributed by atoms with Crippen LogP contribution in [0.5, 0.6) is 0 Å². The number of aliphatic hydroxyl groups excluding tert-OH is 1. The fourth-order valence-corrected chi connectivity index (χ4v) is 3.56. The van der Waals surface area contributed by atoms with E-state index < -0.39 is 0 Å². The summed E-state index contributed by atoms with van der Waals surface area (Å²) in [5.41, 5.74) is 0. The highest BCUT2D eigenvalue weighted by Gasteiger charge is 2.15. The molecular formula is C14H19NOS2. The van der Waals surface area contributed by atoms with Crippen LogP contribution >= 0.6 is 22.7 Å². The first kappa shape index (κ1) is 13.7. The predicted octanol–water partition coefficient (Wildman–Crippen LogP) is 3.65. The minimum Gasteiger partial charge on any atom is -0.393 e. The standard InChI is InChI=1S/C14H19NOS2/c1-2-11(16)7-8-15-14(12-5-3-9-17-12)13-6-4-10-18-13/h3-6,9-11,14-16H,2,7-8H2,1H3. The molecule has 0 bridgehead atoms. The molecule has 2 N–H and O–H groups in total. The van der Waals surface area contributed by atoms with Gasteiger partial charge in [-0.05, 0) is 42.3 Å². The molecule has 0 saturated heterocycles. The van der Waals surface area contributed by atoms with Gasteiger partial charge >= 0.3 is 0 Å². The van der Waals surface area contributed by atoms with Gasteiger partial charge in [0.1, 0.15) is 0 Å². The summed E-state index contributed by atoms with van der Waals surface area (Å²) >= 11 is 3.55. The maximum atomic E-state index is 9.60. The Morgan fingerprint density at radius 3 is 2.22 bits per heavy atom. The summed E-state index contributed by atoms with van der Waals surface area (Å²) in [5.74, 6) is 0. The highest BCUT2D eigenvalue weighted by Crippen LogP contribution is 2.29. The van der Waals surface area contributed by atoms with Gasteiger partial charge in [-0.15, -0.1) is 22.7 Å². The van der Waals surface area contributed by atoms with E-state index in [1.165, 1.54) is 9.75 Å². The Labute approximate surface area is 116 Å². The van der Waals surface area contributed by atoms with Crippen molar-refractivity contribution < 1.29 is 5.11 Å². The largest absolute Gasteiger partial charge is 0.393 e. The Morgan fingerprint density at radius 1 is 1.17 bits per heavy atom. The highest BCUT2D eigenvalue weighted by atomic mass is 32.1.